The van der Waals surface area contributed by atoms with Crippen molar-refractivity contribution in [1.29, 1.82) is 0 Å². The average Bonchev–Trinajstić information content (AvgIpc) is 3.02. The highest BCUT2D eigenvalue weighted by molar-refractivity contribution is 6.47. The van der Waals surface area contributed by atoms with Gasteiger partial charge in [-0.2, -0.15) is 0 Å². The number of hydrogen-bond acceptors (Lipinski definition) is 5. The molecule has 1 fully saturated rings. The lowest BCUT2D eigenvalue weighted by Gasteiger charge is -2.25. The third-order valence-electron chi connectivity index (χ3n) is 5.42. The molecule has 0 radical (unpaired) electrons. The fourth-order valence-corrected chi connectivity index (χ4v) is 3.87. The molecule has 1 saturated heterocycles. The number of methoxy groups -OCH3 is 2. The van der Waals surface area contributed by atoms with Crippen LogP contribution in [0, 0.1) is 0 Å². The third kappa shape index (κ3) is 4.45. The molecule has 0 bridgehead atoms. The highest BCUT2D eigenvalue weighted by Gasteiger charge is 2.46. The van der Waals surface area contributed by atoms with Gasteiger partial charge < -0.3 is 19.5 Å². The van der Waals surface area contributed by atoms with Crippen molar-refractivity contribution in [3.8, 4) is 5.75 Å². The van der Waals surface area contributed by atoms with E-state index in [4.69, 9.17) is 21.1 Å². The summed E-state index contributed by atoms with van der Waals surface area (Å²) in [6.45, 7) is 4.64. The van der Waals surface area contributed by atoms with Gasteiger partial charge >= 0.3 is 0 Å². The Kier molecular flexibility index (Phi) is 7.03. The van der Waals surface area contributed by atoms with Gasteiger partial charge in [-0.25, -0.2) is 0 Å². The predicted molar refractivity (Wildman–Crippen MR) is 119 cm³/mol. The number of rotatable bonds is 7. The second kappa shape index (κ2) is 9.54. The van der Waals surface area contributed by atoms with E-state index >= 15 is 0 Å². The van der Waals surface area contributed by atoms with Gasteiger partial charge in [0, 0.05) is 19.2 Å². The van der Waals surface area contributed by atoms with Crippen LogP contribution in [0.25, 0.3) is 5.76 Å². The Balaban J connectivity index is 2.18. The number of carbonyl (C=O) groups is 2. The number of likely N-dealkylation sites (tertiary alicyclic amines) is 1. The van der Waals surface area contributed by atoms with E-state index in [-0.39, 0.29) is 35.1 Å². The topological polar surface area (TPSA) is 76.1 Å². The maximum absolute atomic E-state index is 13.0. The Morgan fingerprint density at radius 1 is 1.13 bits per heavy atom. The molecule has 6 nitrogen and oxygen atoms in total. The molecule has 164 valence electrons. The van der Waals surface area contributed by atoms with Gasteiger partial charge in [0.05, 0.1) is 30.4 Å². The van der Waals surface area contributed by atoms with Crippen molar-refractivity contribution in [2.75, 3.05) is 27.4 Å². The van der Waals surface area contributed by atoms with Crippen LogP contribution in [0.15, 0.2) is 48.0 Å². The van der Waals surface area contributed by atoms with Crippen molar-refractivity contribution in [2.45, 2.75) is 25.8 Å². The summed E-state index contributed by atoms with van der Waals surface area (Å²) < 4.78 is 10.4. The number of hydrogen-bond donors (Lipinski definition) is 1. The first-order valence-corrected chi connectivity index (χ1v) is 10.4. The second-order valence-corrected chi connectivity index (χ2v) is 8.06. The SMILES string of the molecule is COCCN1C(=O)C(=O)/C(=C(/O)c2cc(OC)ccc2Cl)C1c1ccc(C(C)C)cc1. The molecule has 0 aromatic heterocycles. The Bertz CT molecular complexity index is 1010. The van der Waals surface area contributed by atoms with E-state index in [1.807, 2.05) is 24.3 Å². The average molecular weight is 444 g/mol. The summed E-state index contributed by atoms with van der Waals surface area (Å²) in [6.07, 6.45) is 0. The Labute approximate surface area is 187 Å². The van der Waals surface area contributed by atoms with E-state index in [1.165, 1.54) is 19.1 Å². The van der Waals surface area contributed by atoms with Crippen molar-refractivity contribution in [3.05, 3.63) is 69.8 Å². The lowest BCUT2D eigenvalue weighted by Crippen LogP contribution is -2.32. The van der Waals surface area contributed by atoms with Gasteiger partial charge in [0.15, 0.2) is 0 Å². The van der Waals surface area contributed by atoms with E-state index in [1.54, 1.807) is 18.2 Å². The molecule has 2 aromatic rings. The van der Waals surface area contributed by atoms with Crippen LogP contribution in [0.5, 0.6) is 5.75 Å². The number of amides is 1. The summed E-state index contributed by atoms with van der Waals surface area (Å²) in [7, 11) is 3.02. The summed E-state index contributed by atoms with van der Waals surface area (Å²) in [5.41, 5.74) is 2.08. The molecule has 1 heterocycles. The monoisotopic (exact) mass is 443 g/mol. The zero-order chi connectivity index (χ0) is 22.7. The summed E-state index contributed by atoms with van der Waals surface area (Å²) in [5.74, 6) is -0.969. The summed E-state index contributed by atoms with van der Waals surface area (Å²) >= 11 is 6.30. The maximum atomic E-state index is 13.0. The van der Waals surface area contributed by atoms with E-state index < -0.39 is 17.7 Å². The number of benzene rings is 2. The number of aliphatic hydroxyl groups excluding tert-OH is 1. The van der Waals surface area contributed by atoms with Crippen LogP contribution in [-0.4, -0.2) is 49.1 Å². The van der Waals surface area contributed by atoms with Crippen LogP contribution in [0.3, 0.4) is 0 Å². The van der Waals surface area contributed by atoms with Gasteiger partial charge in [0.2, 0.25) is 0 Å². The van der Waals surface area contributed by atoms with Crippen LogP contribution >= 0.6 is 11.6 Å². The first kappa shape index (κ1) is 22.8. The molecule has 31 heavy (non-hydrogen) atoms. The minimum absolute atomic E-state index is 0.00597. The molecule has 3 rings (SSSR count). The molecule has 0 spiro atoms. The highest BCUT2D eigenvalue weighted by Crippen LogP contribution is 2.41. The van der Waals surface area contributed by atoms with E-state index in [0.717, 1.165) is 11.1 Å². The summed E-state index contributed by atoms with van der Waals surface area (Å²) in [4.78, 5) is 27.3. The number of aliphatic hydroxyl groups is 1. The quantitative estimate of drug-likeness (QED) is 0.386. The minimum atomic E-state index is -0.759. The van der Waals surface area contributed by atoms with Gasteiger partial charge in [-0.1, -0.05) is 49.7 Å². The lowest BCUT2D eigenvalue weighted by atomic mass is 9.93. The van der Waals surface area contributed by atoms with Crippen LogP contribution in [0.4, 0.5) is 0 Å². The molecule has 7 heteroatoms. The van der Waals surface area contributed by atoms with E-state index in [9.17, 15) is 14.7 Å². The fraction of sp³-hybridized carbons (Fsp3) is 0.333. The molecule has 1 atom stereocenters. The summed E-state index contributed by atoms with van der Waals surface area (Å²) in [6, 6.07) is 11.7. The zero-order valence-corrected chi connectivity index (χ0v) is 18.8. The Hall–Kier alpha value is -2.83. The van der Waals surface area contributed by atoms with Gasteiger partial charge in [-0.15, -0.1) is 0 Å². The highest BCUT2D eigenvalue weighted by atomic mass is 35.5. The second-order valence-electron chi connectivity index (χ2n) is 7.65. The first-order valence-electron chi connectivity index (χ1n) is 10.0. The number of Topliss-reactive ketones (excluding diaryl/α,β-unsaturated/α-hetero) is 1. The smallest absolute Gasteiger partial charge is 0.295 e. The van der Waals surface area contributed by atoms with Crippen LogP contribution in [0.1, 0.15) is 42.5 Å². The van der Waals surface area contributed by atoms with Gasteiger partial charge in [0.25, 0.3) is 11.7 Å². The fourth-order valence-electron chi connectivity index (χ4n) is 3.67. The van der Waals surface area contributed by atoms with Gasteiger partial charge in [0.1, 0.15) is 11.5 Å². The normalized spacial score (nSPS) is 18.1. The van der Waals surface area contributed by atoms with Crippen molar-refractivity contribution in [3.63, 3.8) is 0 Å². The molecule has 1 unspecified atom stereocenters. The van der Waals surface area contributed by atoms with Crippen LogP contribution in [-0.2, 0) is 14.3 Å². The number of halogens is 1. The molecule has 1 aliphatic heterocycles. The van der Waals surface area contributed by atoms with Gasteiger partial charge in [-0.05, 0) is 35.2 Å². The molecule has 1 aliphatic rings. The van der Waals surface area contributed by atoms with E-state index in [2.05, 4.69) is 13.8 Å². The molecular weight excluding hydrogens is 418 g/mol. The first-order chi connectivity index (χ1) is 14.8. The largest absolute Gasteiger partial charge is 0.507 e. The molecule has 0 saturated carbocycles. The van der Waals surface area contributed by atoms with Crippen molar-refractivity contribution in [1.82, 2.24) is 4.90 Å². The number of carbonyl (C=O) groups excluding carboxylic acids is 2. The minimum Gasteiger partial charge on any atom is -0.507 e. The number of ether oxygens (including phenoxy) is 2. The third-order valence-corrected chi connectivity index (χ3v) is 5.75. The number of ketones is 1. The molecule has 1 amide bonds. The molecular formula is C24H26ClNO5. The van der Waals surface area contributed by atoms with Crippen molar-refractivity contribution in [2.24, 2.45) is 0 Å². The zero-order valence-electron chi connectivity index (χ0n) is 18.0. The van der Waals surface area contributed by atoms with Crippen molar-refractivity contribution < 1.29 is 24.2 Å². The van der Waals surface area contributed by atoms with E-state index in [0.29, 0.717) is 11.7 Å². The summed E-state index contributed by atoms with van der Waals surface area (Å²) in [5, 5.41) is 11.4. The lowest BCUT2D eigenvalue weighted by molar-refractivity contribution is -0.140. The van der Waals surface area contributed by atoms with Crippen molar-refractivity contribution >= 4 is 29.1 Å². The molecule has 2 aromatic carbocycles. The Morgan fingerprint density at radius 3 is 2.39 bits per heavy atom. The number of nitrogens with zero attached hydrogens (tertiary/aromatic N) is 1. The molecule has 1 N–H and O–H groups in total. The van der Waals surface area contributed by atoms with Gasteiger partial charge in [-0.3, -0.25) is 9.59 Å². The molecule has 0 aliphatic carbocycles. The predicted octanol–water partition coefficient (Wildman–Crippen LogP) is 4.54. The Morgan fingerprint density at radius 2 is 1.81 bits per heavy atom. The standard InChI is InChI=1S/C24H26ClNO5/c1-14(2)15-5-7-16(8-6-15)21-20(23(28)24(29)26(21)11-12-30-3)22(27)18-13-17(31-4)9-10-19(18)25/h5-10,13-14,21,27H,11-12H2,1-4H3/b22-20+. The maximum Gasteiger partial charge on any atom is 0.295 e. The van der Waals surface area contributed by atoms with Crippen LogP contribution < -0.4 is 4.74 Å². The van der Waals surface area contributed by atoms with Crippen LogP contribution in [0.2, 0.25) is 5.02 Å².